The van der Waals surface area contributed by atoms with Crippen molar-refractivity contribution in [2.24, 2.45) is 0 Å². The van der Waals surface area contributed by atoms with Gasteiger partial charge in [0.2, 0.25) is 5.91 Å². The number of hydrogen-bond acceptors (Lipinski definition) is 1. The van der Waals surface area contributed by atoms with Gasteiger partial charge in [-0.25, -0.2) is 0 Å². The number of hydrogen-bond donors (Lipinski definition) is 1. The average Bonchev–Trinajstić information content (AvgIpc) is 1.83. The van der Waals surface area contributed by atoms with Crippen LogP contribution in [0.15, 0.2) is 11.6 Å². The van der Waals surface area contributed by atoms with Crippen LogP contribution in [0.1, 0.15) is 13.3 Å². The Balaban J connectivity index is 3.25. The second kappa shape index (κ2) is 4.59. The molecule has 0 bridgehead atoms. The molecule has 0 saturated heterocycles. The second-order valence-corrected chi connectivity index (χ2v) is 1.50. The minimum atomic E-state index is -0.00824. The van der Waals surface area contributed by atoms with E-state index >= 15 is 0 Å². The van der Waals surface area contributed by atoms with E-state index in [1.54, 1.807) is 6.92 Å². The van der Waals surface area contributed by atoms with Crippen molar-refractivity contribution in [2.45, 2.75) is 13.3 Å². The summed E-state index contributed by atoms with van der Waals surface area (Å²) < 4.78 is 0. The predicted octanol–water partition coefficient (Wildman–Crippen LogP) is 1.18. The fraction of sp³-hybridized carbons (Fsp3) is 0.400. The van der Waals surface area contributed by atoms with Gasteiger partial charge >= 0.3 is 0 Å². The molecule has 0 aliphatic rings. The molecule has 0 aromatic rings. The highest BCUT2D eigenvalue weighted by Crippen LogP contribution is 1.76. The Labute approximate surface area is 54.4 Å². The van der Waals surface area contributed by atoms with Crippen molar-refractivity contribution in [3.8, 4) is 0 Å². The van der Waals surface area contributed by atoms with Gasteiger partial charge in [0.05, 0.1) is 0 Å². The quantitative estimate of drug-likeness (QED) is 0.597. The van der Waals surface area contributed by atoms with Crippen LogP contribution in [0.4, 0.5) is 0 Å². The standard InChI is InChI=1S/C5H8NOS/c1-2-5(7)6-3-4-8/h3-4H,2H2,1H3,(H,6,7)/b4-3+. The first-order valence-electron chi connectivity index (χ1n) is 2.37. The highest BCUT2D eigenvalue weighted by molar-refractivity contribution is 7.83. The predicted molar refractivity (Wildman–Crippen MR) is 35.2 cm³/mol. The Bertz CT molecular complexity index is 101. The van der Waals surface area contributed by atoms with Crippen molar-refractivity contribution >= 4 is 18.5 Å². The zero-order valence-electron chi connectivity index (χ0n) is 4.68. The van der Waals surface area contributed by atoms with Crippen molar-refractivity contribution < 1.29 is 4.79 Å². The third-order valence-corrected chi connectivity index (χ3v) is 0.770. The van der Waals surface area contributed by atoms with Crippen LogP contribution < -0.4 is 5.32 Å². The fourth-order valence-corrected chi connectivity index (χ4v) is 0.297. The Morgan fingerprint density at radius 2 is 2.50 bits per heavy atom. The van der Waals surface area contributed by atoms with Crippen LogP contribution in [-0.4, -0.2) is 5.91 Å². The van der Waals surface area contributed by atoms with E-state index in [4.69, 9.17) is 0 Å². The maximum Gasteiger partial charge on any atom is 0.223 e. The van der Waals surface area contributed by atoms with Crippen molar-refractivity contribution in [3.05, 3.63) is 11.6 Å². The molecule has 45 valence electrons. The van der Waals surface area contributed by atoms with Gasteiger partial charge in [0.15, 0.2) is 0 Å². The summed E-state index contributed by atoms with van der Waals surface area (Å²) in [5.74, 6) is -0.00824. The summed E-state index contributed by atoms with van der Waals surface area (Å²) in [6, 6.07) is 0. The highest BCUT2D eigenvalue weighted by Gasteiger charge is 1.87. The molecule has 0 unspecified atom stereocenters. The molecule has 0 spiro atoms. The summed E-state index contributed by atoms with van der Waals surface area (Å²) in [7, 11) is 0. The van der Waals surface area contributed by atoms with Crippen LogP contribution in [0.25, 0.3) is 0 Å². The molecule has 0 fully saturated rings. The molecule has 0 saturated carbocycles. The third-order valence-electron chi connectivity index (χ3n) is 0.633. The first-order valence-corrected chi connectivity index (χ1v) is 2.84. The lowest BCUT2D eigenvalue weighted by atomic mass is 10.5. The molecule has 0 aromatic heterocycles. The van der Waals surface area contributed by atoms with Crippen molar-refractivity contribution in [1.29, 1.82) is 0 Å². The highest BCUT2D eigenvalue weighted by atomic mass is 32.1. The molecular weight excluding hydrogens is 122 g/mol. The van der Waals surface area contributed by atoms with E-state index in [2.05, 4.69) is 17.9 Å². The van der Waals surface area contributed by atoms with Crippen molar-refractivity contribution in [3.63, 3.8) is 0 Å². The zero-order chi connectivity index (χ0) is 6.41. The van der Waals surface area contributed by atoms with Gasteiger partial charge in [0.25, 0.3) is 0 Å². The summed E-state index contributed by atoms with van der Waals surface area (Å²) in [5, 5.41) is 3.83. The summed E-state index contributed by atoms with van der Waals surface area (Å²) in [5.41, 5.74) is 0. The maximum absolute atomic E-state index is 10.4. The molecular formula is C5H8NOS. The van der Waals surface area contributed by atoms with E-state index < -0.39 is 0 Å². The van der Waals surface area contributed by atoms with Crippen LogP contribution in [0.2, 0.25) is 0 Å². The largest absolute Gasteiger partial charge is 0.332 e. The first-order chi connectivity index (χ1) is 3.81. The molecule has 0 aromatic carbocycles. The van der Waals surface area contributed by atoms with E-state index in [0.29, 0.717) is 6.42 Å². The lowest BCUT2D eigenvalue weighted by Crippen LogP contribution is -2.14. The van der Waals surface area contributed by atoms with Gasteiger partial charge < -0.3 is 5.32 Å². The molecule has 0 aliphatic heterocycles. The van der Waals surface area contributed by atoms with Gasteiger partial charge in [-0.15, -0.1) is 0 Å². The van der Waals surface area contributed by atoms with Crippen LogP contribution in [0.5, 0.6) is 0 Å². The Morgan fingerprint density at radius 1 is 1.88 bits per heavy atom. The van der Waals surface area contributed by atoms with Crippen LogP contribution >= 0.6 is 12.6 Å². The Hall–Kier alpha value is -0.570. The molecule has 0 aliphatic carbocycles. The summed E-state index contributed by atoms with van der Waals surface area (Å²) >= 11 is 4.42. The van der Waals surface area contributed by atoms with Gasteiger partial charge in [-0.2, -0.15) is 0 Å². The second-order valence-electron chi connectivity index (χ2n) is 1.22. The van der Waals surface area contributed by atoms with Crippen molar-refractivity contribution in [2.75, 3.05) is 0 Å². The van der Waals surface area contributed by atoms with E-state index in [1.165, 1.54) is 11.6 Å². The van der Waals surface area contributed by atoms with Gasteiger partial charge in [0, 0.05) is 18.0 Å². The van der Waals surface area contributed by atoms with Gasteiger partial charge in [-0.05, 0) is 0 Å². The number of nitrogens with one attached hydrogen (secondary N) is 1. The fourth-order valence-electron chi connectivity index (χ4n) is 0.229. The lowest BCUT2D eigenvalue weighted by Gasteiger charge is -1.90. The molecule has 0 rings (SSSR count). The number of rotatable bonds is 2. The number of amides is 1. The molecule has 0 heterocycles. The zero-order valence-corrected chi connectivity index (χ0v) is 5.49. The molecule has 1 radical (unpaired) electrons. The lowest BCUT2D eigenvalue weighted by molar-refractivity contribution is -0.119. The van der Waals surface area contributed by atoms with Crippen LogP contribution in [-0.2, 0) is 4.79 Å². The smallest absolute Gasteiger partial charge is 0.223 e. The SMILES string of the molecule is CCC(=O)N/C=C/[S]. The van der Waals surface area contributed by atoms with Crippen molar-refractivity contribution in [1.82, 2.24) is 5.32 Å². The summed E-state index contributed by atoms with van der Waals surface area (Å²) in [4.78, 5) is 10.4. The van der Waals surface area contributed by atoms with Gasteiger partial charge in [-0.3, -0.25) is 4.79 Å². The average molecular weight is 130 g/mol. The summed E-state index contributed by atoms with van der Waals surface area (Å²) in [6.45, 7) is 1.78. The van der Waals surface area contributed by atoms with Gasteiger partial charge in [0.1, 0.15) is 0 Å². The van der Waals surface area contributed by atoms with Crippen LogP contribution in [0.3, 0.4) is 0 Å². The van der Waals surface area contributed by atoms with E-state index in [1.807, 2.05) is 0 Å². The first kappa shape index (κ1) is 7.43. The topological polar surface area (TPSA) is 29.1 Å². The minimum Gasteiger partial charge on any atom is -0.332 e. The van der Waals surface area contributed by atoms with E-state index in [-0.39, 0.29) is 5.91 Å². The monoisotopic (exact) mass is 130 g/mol. The van der Waals surface area contributed by atoms with Gasteiger partial charge in [-0.1, -0.05) is 19.6 Å². The van der Waals surface area contributed by atoms with Crippen LogP contribution in [0, 0.1) is 0 Å². The number of carbonyl (C=O) groups is 1. The molecule has 0 atom stereocenters. The number of carbonyl (C=O) groups excluding carboxylic acids is 1. The third kappa shape index (κ3) is 3.61. The molecule has 1 amide bonds. The Kier molecular flexibility index (Phi) is 4.26. The van der Waals surface area contributed by atoms with E-state index in [9.17, 15) is 4.79 Å². The molecule has 2 nitrogen and oxygen atoms in total. The van der Waals surface area contributed by atoms with E-state index in [0.717, 1.165) is 0 Å². The maximum atomic E-state index is 10.4. The molecule has 3 heteroatoms. The minimum absolute atomic E-state index is 0.00824. The summed E-state index contributed by atoms with van der Waals surface area (Å²) in [6.07, 6.45) is 1.95. The molecule has 1 N–H and O–H groups in total. The molecule has 8 heavy (non-hydrogen) atoms. The normalized spacial score (nSPS) is 9.62. The Morgan fingerprint density at radius 3 is 2.88 bits per heavy atom.